The van der Waals surface area contributed by atoms with Gasteiger partial charge in [0.2, 0.25) is 5.91 Å². The number of halogens is 1. The summed E-state index contributed by atoms with van der Waals surface area (Å²) in [4.78, 5) is 13.2. The van der Waals surface area contributed by atoms with Crippen LogP contribution < -0.4 is 5.32 Å². The number of amides is 1. The molecule has 0 fully saturated rings. The summed E-state index contributed by atoms with van der Waals surface area (Å²) < 4.78 is 4.58. The topological polar surface area (TPSA) is 42.0 Å². The number of fused-ring (bicyclic) bond motifs is 1. The van der Waals surface area contributed by atoms with Crippen molar-refractivity contribution in [1.29, 1.82) is 0 Å². The van der Waals surface area contributed by atoms with Gasteiger partial charge in [-0.2, -0.15) is 15.7 Å². The Morgan fingerprint density at radius 2 is 2.05 bits per heavy atom. The number of anilines is 1. The van der Waals surface area contributed by atoms with E-state index in [0.717, 1.165) is 21.8 Å². The minimum Gasteiger partial charge on any atom is -0.323 e. The molecule has 1 N–H and O–H groups in total. The summed E-state index contributed by atoms with van der Waals surface area (Å²) in [5.41, 5.74) is 3.82. The first-order valence-electron chi connectivity index (χ1n) is 6.80. The van der Waals surface area contributed by atoms with Crippen LogP contribution in [0.3, 0.4) is 0 Å². The zero-order chi connectivity index (χ0) is 15.1. The summed E-state index contributed by atoms with van der Waals surface area (Å²) in [7, 11) is 0. The van der Waals surface area contributed by atoms with Crippen LogP contribution in [0.4, 0.5) is 5.69 Å². The zero-order valence-electron chi connectivity index (χ0n) is 11.4. The Morgan fingerprint density at radius 3 is 2.77 bits per heavy atom. The first-order valence-corrected chi connectivity index (χ1v) is 8.89. The van der Waals surface area contributed by atoms with Gasteiger partial charge in [-0.15, -0.1) is 0 Å². The van der Waals surface area contributed by atoms with Crippen LogP contribution in [0.5, 0.6) is 0 Å². The Bertz CT molecular complexity index is 824. The smallest absolute Gasteiger partial charge is 0.225 e. The third kappa shape index (κ3) is 2.35. The fraction of sp³-hybridized carbons (Fsp3) is 0.125. The van der Waals surface area contributed by atoms with E-state index in [1.807, 2.05) is 29.6 Å². The van der Waals surface area contributed by atoms with Crippen LogP contribution in [-0.4, -0.2) is 10.3 Å². The molecule has 1 aliphatic rings. The van der Waals surface area contributed by atoms with Crippen LogP contribution in [0.25, 0.3) is 11.3 Å². The van der Waals surface area contributed by atoms with Gasteiger partial charge in [-0.1, -0.05) is 23.7 Å². The van der Waals surface area contributed by atoms with Gasteiger partial charge in [-0.25, -0.2) is 0 Å². The highest BCUT2D eigenvalue weighted by molar-refractivity contribution is 7.08. The summed E-state index contributed by atoms with van der Waals surface area (Å²) in [6.07, 6.45) is 0.478. The molecule has 6 heteroatoms. The maximum Gasteiger partial charge on any atom is 0.225 e. The van der Waals surface area contributed by atoms with Crippen LogP contribution in [0.2, 0.25) is 5.02 Å². The molecule has 0 radical (unpaired) electrons. The van der Waals surface area contributed by atoms with Crippen molar-refractivity contribution in [1.82, 2.24) is 4.37 Å². The molecular formula is C16H11ClN2OS2. The third-order valence-corrected chi connectivity index (χ3v) is 5.66. The molecule has 1 unspecified atom stereocenters. The maximum absolute atomic E-state index is 12.1. The zero-order valence-corrected chi connectivity index (χ0v) is 13.8. The van der Waals surface area contributed by atoms with Gasteiger partial charge in [-0.3, -0.25) is 4.79 Å². The van der Waals surface area contributed by atoms with Gasteiger partial charge in [0.25, 0.3) is 0 Å². The van der Waals surface area contributed by atoms with Crippen molar-refractivity contribution in [3.8, 4) is 11.3 Å². The van der Waals surface area contributed by atoms with Gasteiger partial charge >= 0.3 is 0 Å². The molecule has 1 aromatic carbocycles. The van der Waals surface area contributed by atoms with Gasteiger partial charge in [0, 0.05) is 22.9 Å². The van der Waals surface area contributed by atoms with Crippen LogP contribution in [0.15, 0.2) is 41.1 Å². The molecule has 0 bridgehead atoms. The summed E-state index contributed by atoms with van der Waals surface area (Å²) in [5.74, 6) is 0.146. The number of hydrogen-bond donors (Lipinski definition) is 1. The lowest BCUT2D eigenvalue weighted by Crippen LogP contribution is -2.22. The lowest BCUT2D eigenvalue weighted by molar-refractivity contribution is -0.116. The summed E-state index contributed by atoms with van der Waals surface area (Å²) in [5, 5.41) is 7.83. The summed E-state index contributed by atoms with van der Waals surface area (Å²) >= 11 is 9.06. The van der Waals surface area contributed by atoms with Crippen LogP contribution in [0.1, 0.15) is 22.8 Å². The van der Waals surface area contributed by atoms with Crippen LogP contribution in [-0.2, 0) is 4.79 Å². The van der Waals surface area contributed by atoms with Crippen molar-refractivity contribution in [3.05, 3.63) is 56.6 Å². The van der Waals surface area contributed by atoms with Gasteiger partial charge in [0.05, 0.1) is 10.6 Å². The number of carbonyl (C=O) groups is 1. The van der Waals surface area contributed by atoms with Gasteiger partial charge in [0.1, 0.15) is 5.69 Å². The molecule has 0 spiro atoms. The first kappa shape index (κ1) is 13.9. The number of nitrogens with zero attached hydrogens (tertiary/aromatic N) is 1. The highest BCUT2D eigenvalue weighted by atomic mass is 35.5. The Kier molecular flexibility index (Phi) is 3.48. The Morgan fingerprint density at radius 1 is 1.23 bits per heavy atom. The molecule has 0 saturated carbocycles. The van der Waals surface area contributed by atoms with E-state index in [1.165, 1.54) is 17.1 Å². The van der Waals surface area contributed by atoms with Crippen molar-refractivity contribution >= 4 is 46.1 Å². The van der Waals surface area contributed by atoms with Crippen molar-refractivity contribution in [2.45, 2.75) is 12.3 Å². The van der Waals surface area contributed by atoms with E-state index in [0.29, 0.717) is 11.4 Å². The lowest BCUT2D eigenvalue weighted by atomic mass is 9.91. The summed E-state index contributed by atoms with van der Waals surface area (Å²) in [6.45, 7) is 0. The number of nitrogens with one attached hydrogen (secondary N) is 1. The van der Waals surface area contributed by atoms with Gasteiger partial charge < -0.3 is 5.32 Å². The normalized spacial score (nSPS) is 17.1. The molecule has 3 heterocycles. The van der Waals surface area contributed by atoms with E-state index in [2.05, 4.69) is 21.1 Å². The Hall–Kier alpha value is -1.69. The van der Waals surface area contributed by atoms with E-state index >= 15 is 0 Å². The largest absolute Gasteiger partial charge is 0.323 e. The standard InChI is InChI=1S/C16H11ClN2OS2/c17-11-3-1-9(2-4-11)14-15-16(22-19-14)12(7-13(20)18-15)10-5-6-21-8-10/h1-6,8,12H,7H2,(H,18,20). The van der Waals surface area contributed by atoms with E-state index in [1.54, 1.807) is 11.3 Å². The van der Waals surface area contributed by atoms with Crippen LogP contribution >= 0.6 is 34.5 Å². The fourth-order valence-electron chi connectivity index (χ4n) is 2.68. The number of hydrogen-bond acceptors (Lipinski definition) is 4. The first-order chi connectivity index (χ1) is 10.7. The quantitative estimate of drug-likeness (QED) is 0.709. The maximum atomic E-state index is 12.1. The SMILES string of the molecule is O=C1CC(c2ccsc2)c2snc(-c3ccc(Cl)cc3)c2N1. The minimum atomic E-state index is 0.0408. The molecule has 3 aromatic rings. The number of benzene rings is 1. The highest BCUT2D eigenvalue weighted by Crippen LogP contribution is 2.45. The lowest BCUT2D eigenvalue weighted by Gasteiger charge is -2.21. The van der Waals surface area contributed by atoms with E-state index in [4.69, 9.17) is 11.6 Å². The van der Waals surface area contributed by atoms with Crippen molar-refractivity contribution in [2.24, 2.45) is 0 Å². The van der Waals surface area contributed by atoms with E-state index < -0.39 is 0 Å². The second-order valence-electron chi connectivity index (χ2n) is 5.14. The molecule has 1 aliphatic heterocycles. The molecule has 0 aliphatic carbocycles. The second kappa shape index (κ2) is 5.50. The monoisotopic (exact) mass is 346 g/mol. The van der Waals surface area contributed by atoms with Gasteiger partial charge in [0.15, 0.2) is 0 Å². The van der Waals surface area contributed by atoms with Crippen molar-refractivity contribution < 1.29 is 4.79 Å². The number of thiophene rings is 1. The summed E-state index contributed by atoms with van der Waals surface area (Å²) in [6, 6.07) is 9.61. The molecule has 3 nitrogen and oxygen atoms in total. The molecule has 4 rings (SSSR count). The third-order valence-electron chi connectivity index (χ3n) is 3.75. The average molecular weight is 347 g/mol. The predicted octanol–water partition coefficient (Wildman–Crippen LogP) is 5.00. The molecule has 1 amide bonds. The van der Waals surface area contributed by atoms with Crippen molar-refractivity contribution in [3.63, 3.8) is 0 Å². The Labute approximate surface area is 140 Å². The average Bonchev–Trinajstić information content (AvgIpc) is 3.16. The van der Waals surface area contributed by atoms with Crippen molar-refractivity contribution in [2.75, 3.05) is 5.32 Å². The Balaban J connectivity index is 1.82. The molecule has 110 valence electrons. The number of carbonyl (C=O) groups excluding carboxylic acids is 1. The van der Waals surface area contributed by atoms with Crippen LogP contribution in [0, 0.1) is 0 Å². The molecule has 22 heavy (non-hydrogen) atoms. The fourth-order valence-corrected chi connectivity index (χ4v) is 4.49. The van der Waals surface area contributed by atoms with E-state index in [9.17, 15) is 4.79 Å². The number of aromatic nitrogens is 1. The highest BCUT2D eigenvalue weighted by Gasteiger charge is 2.31. The molecule has 0 saturated heterocycles. The second-order valence-corrected chi connectivity index (χ2v) is 7.16. The van der Waals surface area contributed by atoms with Gasteiger partial charge in [-0.05, 0) is 46.1 Å². The predicted molar refractivity (Wildman–Crippen MR) is 92.0 cm³/mol. The molecule has 1 atom stereocenters. The molecule has 2 aromatic heterocycles. The van der Waals surface area contributed by atoms with E-state index in [-0.39, 0.29) is 11.8 Å². The minimum absolute atomic E-state index is 0.0408. The molecular weight excluding hydrogens is 336 g/mol. The number of rotatable bonds is 2.